The molecule has 1 aromatic carbocycles. The molecular weight excluding hydrogens is 302 g/mol. The Labute approximate surface area is 144 Å². The average Bonchev–Trinajstić information content (AvgIpc) is 3.41. The summed E-state index contributed by atoms with van der Waals surface area (Å²) in [5, 5.41) is 9.01. The molecule has 0 bridgehead atoms. The monoisotopic (exact) mass is 331 g/mol. The minimum Gasteiger partial charge on any atom is -0.395 e. The van der Waals surface area contributed by atoms with Crippen molar-refractivity contribution in [3.63, 3.8) is 0 Å². The molecule has 1 aliphatic heterocycles. The van der Waals surface area contributed by atoms with E-state index in [1.54, 1.807) is 0 Å². The van der Waals surface area contributed by atoms with Gasteiger partial charge in [0.25, 0.3) is 0 Å². The van der Waals surface area contributed by atoms with Crippen molar-refractivity contribution in [2.75, 3.05) is 45.9 Å². The summed E-state index contributed by atoms with van der Waals surface area (Å²) in [7, 11) is 0. The summed E-state index contributed by atoms with van der Waals surface area (Å²) in [5.74, 6) is 0.258. The van der Waals surface area contributed by atoms with Gasteiger partial charge in [-0.05, 0) is 25.3 Å². The molecule has 5 nitrogen and oxygen atoms in total. The second-order valence-electron chi connectivity index (χ2n) is 7.08. The Morgan fingerprint density at radius 3 is 2.33 bits per heavy atom. The summed E-state index contributed by atoms with van der Waals surface area (Å²) in [4.78, 5) is 19.4. The molecular formula is C19H29N3O2. The van der Waals surface area contributed by atoms with Gasteiger partial charge >= 0.3 is 0 Å². The first-order valence-corrected chi connectivity index (χ1v) is 9.06. The van der Waals surface area contributed by atoms with E-state index >= 15 is 0 Å². The molecule has 1 saturated carbocycles. The number of hydrogen-bond acceptors (Lipinski definition) is 4. The molecule has 1 aromatic rings. The summed E-state index contributed by atoms with van der Waals surface area (Å²) in [5.41, 5.74) is 2.47. The van der Waals surface area contributed by atoms with Crippen molar-refractivity contribution in [3.8, 4) is 0 Å². The maximum atomic E-state index is 12.8. The molecule has 3 rings (SSSR count). The molecule has 0 aromatic heterocycles. The van der Waals surface area contributed by atoms with Crippen molar-refractivity contribution in [3.05, 3.63) is 35.4 Å². The SMILES string of the molecule is Cc1ccc(CN(C(=O)CN2CCN(CCO)CC2)C2CC2)cc1. The largest absolute Gasteiger partial charge is 0.395 e. The Morgan fingerprint density at radius 2 is 1.75 bits per heavy atom. The first-order valence-electron chi connectivity index (χ1n) is 9.06. The van der Waals surface area contributed by atoms with Crippen LogP contribution in [-0.2, 0) is 11.3 Å². The number of aryl methyl sites for hydroxylation is 1. The van der Waals surface area contributed by atoms with Gasteiger partial charge in [-0.1, -0.05) is 29.8 Å². The van der Waals surface area contributed by atoms with Crippen LogP contribution in [0.4, 0.5) is 0 Å². The average molecular weight is 331 g/mol. The van der Waals surface area contributed by atoms with Gasteiger partial charge in [0.2, 0.25) is 5.91 Å². The van der Waals surface area contributed by atoms with E-state index in [2.05, 4.69) is 45.9 Å². The lowest BCUT2D eigenvalue weighted by atomic mass is 10.1. The predicted octanol–water partition coefficient (Wildman–Crippen LogP) is 1.10. The van der Waals surface area contributed by atoms with Crippen molar-refractivity contribution >= 4 is 5.91 Å². The van der Waals surface area contributed by atoms with Crippen LogP contribution in [0.5, 0.6) is 0 Å². The maximum Gasteiger partial charge on any atom is 0.237 e. The Hall–Kier alpha value is -1.43. The minimum atomic E-state index is 0.213. The first kappa shape index (κ1) is 17.4. The molecule has 2 fully saturated rings. The molecule has 1 heterocycles. The lowest BCUT2D eigenvalue weighted by Crippen LogP contribution is -2.50. The highest BCUT2D eigenvalue weighted by Gasteiger charge is 2.33. The van der Waals surface area contributed by atoms with Gasteiger partial charge in [0.1, 0.15) is 0 Å². The highest BCUT2D eigenvalue weighted by molar-refractivity contribution is 5.79. The zero-order valence-electron chi connectivity index (χ0n) is 14.7. The van der Waals surface area contributed by atoms with Crippen molar-refractivity contribution < 1.29 is 9.90 Å². The molecule has 1 amide bonds. The number of benzene rings is 1. The maximum absolute atomic E-state index is 12.8. The van der Waals surface area contributed by atoms with Crippen LogP contribution in [0.2, 0.25) is 0 Å². The van der Waals surface area contributed by atoms with Crippen LogP contribution < -0.4 is 0 Å². The lowest BCUT2D eigenvalue weighted by Gasteiger charge is -2.35. The van der Waals surface area contributed by atoms with Crippen molar-refractivity contribution in [2.24, 2.45) is 0 Å². The molecule has 0 unspecified atom stereocenters. The smallest absolute Gasteiger partial charge is 0.237 e. The Balaban J connectivity index is 1.52. The number of aliphatic hydroxyl groups is 1. The molecule has 1 aliphatic carbocycles. The Morgan fingerprint density at radius 1 is 1.12 bits per heavy atom. The van der Waals surface area contributed by atoms with Crippen LogP contribution in [0.25, 0.3) is 0 Å². The van der Waals surface area contributed by atoms with Crippen LogP contribution in [0.3, 0.4) is 0 Å². The Kier molecular flexibility index (Phi) is 5.87. The number of nitrogens with zero attached hydrogens (tertiary/aromatic N) is 3. The van der Waals surface area contributed by atoms with Gasteiger partial charge < -0.3 is 10.0 Å². The second-order valence-corrected chi connectivity index (χ2v) is 7.08. The lowest BCUT2D eigenvalue weighted by molar-refractivity contribution is -0.134. The molecule has 5 heteroatoms. The highest BCUT2D eigenvalue weighted by Crippen LogP contribution is 2.28. The van der Waals surface area contributed by atoms with Gasteiger partial charge in [0, 0.05) is 45.3 Å². The summed E-state index contributed by atoms with van der Waals surface area (Å²) >= 11 is 0. The van der Waals surface area contributed by atoms with Crippen LogP contribution in [-0.4, -0.2) is 77.6 Å². The number of hydrogen-bond donors (Lipinski definition) is 1. The fourth-order valence-corrected chi connectivity index (χ4v) is 3.29. The van der Waals surface area contributed by atoms with Crippen LogP contribution in [0, 0.1) is 6.92 Å². The number of carbonyl (C=O) groups is 1. The quantitative estimate of drug-likeness (QED) is 0.813. The topological polar surface area (TPSA) is 47.0 Å². The first-order chi connectivity index (χ1) is 11.7. The standard InChI is InChI=1S/C19H29N3O2/c1-16-2-4-17(5-3-16)14-22(18-6-7-18)19(24)15-21-10-8-20(9-11-21)12-13-23/h2-5,18,23H,6-15H2,1H3. The molecule has 24 heavy (non-hydrogen) atoms. The fourth-order valence-electron chi connectivity index (χ4n) is 3.29. The van der Waals surface area contributed by atoms with Gasteiger partial charge in [0.15, 0.2) is 0 Å². The van der Waals surface area contributed by atoms with E-state index in [0.29, 0.717) is 12.6 Å². The van der Waals surface area contributed by atoms with Crippen molar-refractivity contribution in [1.29, 1.82) is 0 Å². The molecule has 0 atom stereocenters. The second kappa shape index (κ2) is 8.10. The third kappa shape index (κ3) is 4.79. The highest BCUT2D eigenvalue weighted by atomic mass is 16.3. The van der Waals surface area contributed by atoms with E-state index in [0.717, 1.165) is 52.1 Å². The zero-order chi connectivity index (χ0) is 16.9. The molecule has 0 spiro atoms. The minimum absolute atomic E-state index is 0.213. The normalized spacial score (nSPS) is 19.4. The van der Waals surface area contributed by atoms with E-state index in [4.69, 9.17) is 5.11 Å². The number of β-amino-alcohol motifs (C(OH)–C–C–N with tert-alkyl or cyclic N) is 1. The molecule has 1 saturated heterocycles. The Bertz CT molecular complexity index is 534. The van der Waals surface area contributed by atoms with Gasteiger partial charge in [-0.25, -0.2) is 0 Å². The summed E-state index contributed by atoms with van der Waals surface area (Å²) in [6.45, 7) is 8.00. The zero-order valence-corrected chi connectivity index (χ0v) is 14.7. The number of carbonyl (C=O) groups excluding carboxylic acids is 1. The third-order valence-electron chi connectivity index (χ3n) is 5.02. The van der Waals surface area contributed by atoms with Crippen LogP contribution >= 0.6 is 0 Å². The van der Waals surface area contributed by atoms with E-state index in [9.17, 15) is 4.79 Å². The molecule has 1 N–H and O–H groups in total. The molecule has 0 radical (unpaired) electrons. The van der Waals surface area contributed by atoms with Crippen LogP contribution in [0.1, 0.15) is 24.0 Å². The van der Waals surface area contributed by atoms with E-state index < -0.39 is 0 Å². The molecule has 2 aliphatic rings. The number of amides is 1. The third-order valence-corrected chi connectivity index (χ3v) is 5.02. The predicted molar refractivity (Wildman–Crippen MR) is 94.7 cm³/mol. The fraction of sp³-hybridized carbons (Fsp3) is 0.632. The van der Waals surface area contributed by atoms with Crippen molar-refractivity contribution in [1.82, 2.24) is 14.7 Å². The van der Waals surface area contributed by atoms with E-state index in [-0.39, 0.29) is 12.5 Å². The van der Waals surface area contributed by atoms with Crippen molar-refractivity contribution in [2.45, 2.75) is 32.4 Å². The number of rotatable bonds is 7. The van der Waals surface area contributed by atoms with Gasteiger partial charge in [-0.15, -0.1) is 0 Å². The summed E-state index contributed by atoms with van der Waals surface area (Å²) in [6, 6.07) is 8.93. The summed E-state index contributed by atoms with van der Waals surface area (Å²) in [6.07, 6.45) is 2.28. The van der Waals surface area contributed by atoms with E-state index in [1.807, 2.05) is 0 Å². The van der Waals surface area contributed by atoms with Crippen LogP contribution in [0.15, 0.2) is 24.3 Å². The van der Waals surface area contributed by atoms with Gasteiger partial charge in [0.05, 0.1) is 13.2 Å². The van der Waals surface area contributed by atoms with Gasteiger partial charge in [-0.3, -0.25) is 14.6 Å². The molecule has 132 valence electrons. The summed E-state index contributed by atoms with van der Waals surface area (Å²) < 4.78 is 0. The number of aliphatic hydroxyl groups excluding tert-OH is 1. The number of piperazine rings is 1. The van der Waals surface area contributed by atoms with Gasteiger partial charge in [-0.2, -0.15) is 0 Å². The van der Waals surface area contributed by atoms with E-state index in [1.165, 1.54) is 11.1 Å².